The lowest BCUT2D eigenvalue weighted by Crippen LogP contribution is -2.37. The van der Waals surface area contributed by atoms with E-state index in [1.54, 1.807) is 6.20 Å². The molecule has 2 unspecified atom stereocenters. The van der Waals surface area contributed by atoms with Crippen LogP contribution in [0.4, 0.5) is 5.82 Å². The molecule has 0 saturated carbocycles. The number of amides is 1. The third kappa shape index (κ3) is 2.37. The van der Waals surface area contributed by atoms with E-state index in [1.165, 1.54) is 0 Å². The van der Waals surface area contributed by atoms with E-state index in [-0.39, 0.29) is 17.9 Å². The topological polar surface area (TPSA) is 77.2 Å². The van der Waals surface area contributed by atoms with Crippen LogP contribution in [0.25, 0.3) is 0 Å². The van der Waals surface area contributed by atoms with E-state index in [9.17, 15) is 4.79 Å². The van der Waals surface area contributed by atoms with Crippen LogP contribution in [0, 0.1) is 12.8 Å². The van der Waals surface area contributed by atoms with E-state index in [2.05, 4.69) is 10.3 Å². The van der Waals surface area contributed by atoms with Crippen molar-refractivity contribution in [2.45, 2.75) is 13.0 Å². The van der Waals surface area contributed by atoms with E-state index in [0.717, 1.165) is 5.56 Å². The van der Waals surface area contributed by atoms with Crippen LogP contribution in [0.3, 0.4) is 0 Å². The van der Waals surface area contributed by atoms with Gasteiger partial charge in [0.15, 0.2) is 0 Å². The van der Waals surface area contributed by atoms with Gasteiger partial charge in [-0.15, -0.1) is 0 Å². The van der Waals surface area contributed by atoms with Gasteiger partial charge in [0.1, 0.15) is 5.82 Å². The van der Waals surface area contributed by atoms with Crippen LogP contribution >= 0.6 is 0 Å². The molecule has 2 atom stereocenters. The fraction of sp³-hybridized carbons (Fsp3) is 0.455. The molecule has 2 rings (SSSR count). The lowest BCUT2D eigenvalue weighted by Gasteiger charge is -2.12. The first-order valence-electron chi connectivity index (χ1n) is 5.23. The molecule has 0 aromatic carbocycles. The smallest absolute Gasteiger partial charge is 0.232 e. The van der Waals surface area contributed by atoms with E-state index in [1.807, 2.05) is 19.1 Å². The van der Waals surface area contributed by atoms with Gasteiger partial charge >= 0.3 is 0 Å². The van der Waals surface area contributed by atoms with Crippen LogP contribution in [0.2, 0.25) is 0 Å². The first-order chi connectivity index (χ1) is 7.66. The van der Waals surface area contributed by atoms with Gasteiger partial charge in [-0.25, -0.2) is 4.98 Å². The lowest BCUT2D eigenvalue weighted by molar-refractivity contribution is -0.120. The third-order valence-electron chi connectivity index (χ3n) is 2.63. The molecule has 3 N–H and O–H groups in total. The predicted octanol–water partition coefficient (Wildman–Crippen LogP) is 0.302. The van der Waals surface area contributed by atoms with E-state index >= 15 is 0 Å². The second-order valence-corrected chi connectivity index (χ2v) is 4.02. The summed E-state index contributed by atoms with van der Waals surface area (Å²) < 4.78 is 5.15. The molecule has 5 nitrogen and oxygen atoms in total. The van der Waals surface area contributed by atoms with E-state index in [4.69, 9.17) is 10.5 Å². The van der Waals surface area contributed by atoms with Crippen LogP contribution in [-0.2, 0) is 9.53 Å². The molecular weight excluding hydrogens is 206 g/mol. The van der Waals surface area contributed by atoms with Gasteiger partial charge in [0.2, 0.25) is 5.91 Å². The molecule has 1 amide bonds. The molecule has 5 heteroatoms. The summed E-state index contributed by atoms with van der Waals surface area (Å²) >= 11 is 0. The fourth-order valence-corrected chi connectivity index (χ4v) is 1.66. The third-order valence-corrected chi connectivity index (χ3v) is 2.63. The molecule has 1 aromatic rings. The van der Waals surface area contributed by atoms with Gasteiger partial charge in [-0.05, 0) is 24.6 Å². The molecule has 1 fully saturated rings. The standard InChI is InChI=1S/C11H15N3O2/c1-7-2-3-13-10(4-7)14-11(15)8-5-16-6-9(8)12/h2-4,8-9H,5-6,12H2,1H3,(H,13,14,15). The minimum absolute atomic E-state index is 0.122. The van der Waals surface area contributed by atoms with Gasteiger partial charge < -0.3 is 15.8 Å². The van der Waals surface area contributed by atoms with Crippen molar-refractivity contribution in [3.63, 3.8) is 0 Å². The molecule has 1 aliphatic rings. The number of aromatic nitrogens is 1. The Labute approximate surface area is 94.0 Å². The highest BCUT2D eigenvalue weighted by Gasteiger charge is 2.31. The van der Waals surface area contributed by atoms with Crippen molar-refractivity contribution in [2.24, 2.45) is 11.7 Å². The number of aryl methyl sites for hydroxylation is 1. The SMILES string of the molecule is Cc1ccnc(NC(=O)C2COCC2N)c1. The Hall–Kier alpha value is -1.46. The van der Waals surface area contributed by atoms with Crippen LogP contribution < -0.4 is 11.1 Å². The molecule has 0 bridgehead atoms. The first kappa shape index (κ1) is 11.0. The monoisotopic (exact) mass is 221 g/mol. The minimum Gasteiger partial charge on any atom is -0.379 e. The largest absolute Gasteiger partial charge is 0.379 e. The Morgan fingerprint density at radius 2 is 2.44 bits per heavy atom. The van der Waals surface area contributed by atoms with Crippen molar-refractivity contribution in [3.05, 3.63) is 23.9 Å². The average Bonchev–Trinajstić information content (AvgIpc) is 2.64. The van der Waals surface area contributed by atoms with Crippen LogP contribution in [0.1, 0.15) is 5.56 Å². The van der Waals surface area contributed by atoms with Crippen LogP contribution in [0.5, 0.6) is 0 Å². The molecule has 86 valence electrons. The minimum atomic E-state index is -0.276. The van der Waals surface area contributed by atoms with Crippen molar-refractivity contribution in [3.8, 4) is 0 Å². The van der Waals surface area contributed by atoms with Gasteiger partial charge in [0.25, 0.3) is 0 Å². The number of nitrogens with one attached hydrogen (secondary N) is 1. The molecule has 1 aromatic heterocycles. The van der Waals surface area contributed by atoms with Gasteiger partial charge in [-0.1, -0.05) is 0 Å². The summed E-state index contributed by atoms with van der Waals surface area (Å²) in [5.74, 6) is 0.162. The number of pyridine rings is 1. The van der Waals surface area contributed by atoms with Crippen molar-refractivity contribution in [2.75, 3.05) is 18.5 Å². The van der Waals surface area contributed by atoms with E-state index < -0.39 is 0 Å². The first-order valence-corrected chi connectivity index (χ1v) is 5.23. The molecule has 2 heterocycles. The quantitative estimate of drug-likeness (QED) is 0.753. The van der Waals surface area contributed by atoms with Gasteiger partial charge in [-0.3, -0.25) is 4.79 Å². The molecule has 16 heavy (non-hydrogen) atoms. The fourth-order valence-electron chi connectivity index (χ4n) is 1.66. The van der Waals surface area contributed by atoms with Crippen molar-refractivity contribution in [1.29, 1.82) is 0 Å². The number of carbonyl (C=O) groups excluding carboxylic acids is 1. The zero-order chi connectivity index (χ0) is 11.5. The highest BCUT2D eigenvalue weighted by molar-refractivity contribution is 5.92. The summed E-state index contributed by atoms with van der Waals surface area (Å²) in [6.07, 6.45) is 1.66. The zero-order valence-electron chi connectivity index (χ0n) is 9.14. The second kappa shape index (κ2) is 4.59. The Kier molecular flexibility index (Phi) is 3.17. The normalized spacial score (nSPS) is 24.4. The summed E-state index contributed by atoms with van der Waals surface area (Å²) in [5, 5.41) is 2.75. The maximum atomic E-state index is 11.8. The number of rotatable bonds is 2. The number of ether oxygens (including phenoxy) is 1. The maximum absolute atomic E-state index is 11.8. The highest BCUT2D eigenvalue weighted by atomic mass is 16.5. The molecule has 0 radical (unpaired) electrons. The molecule has 1 aliphatic heterocycles. The van der Waals surface area contributed by atoms with Crippen LogP contribution in [0.15, 0.2) is 18.3 Å². The maximum Gasteiger partial charge on any atom is 0.232 e. The van der Waals surface area contributed by atoms with Crippen molar-refractivity contribution >= 4 is 11.7 Å². The second-order valence-electron chi connectivity index (χ2n) is 4.02. The zero-order valence-corrected chi connectivity index (χ0v) is 9.14. The Balaban J connectivity index is 2.02. The average molecular weight is 221 g/mol. The lowest BCUT2D eigenvalue weighted by atomic mass is 10.0. The van der Waals surface area contributed by atoms with Crippen LogP contribution in [-0.4, -0.2) is 30.1 Å². The predicted molar refractivity (Wildman–Crippen MR) is 59.9 cm³/mol. The van der Waals surface area contributed by atoms with Gasteiger partial charge in [-0.2, -0.15) is 0 Å². The number of nitrogens with two attached hydrogens (primary N) is 1. The number of carbonyl (C=O) groups is 1. The molecule has 1 saturated heterocycles. The molecule has 0 aliphatic carbocycles. The molecular formula is C11H15N3O2. The number of anilines is 1. The van der Waals surface area contributed by atoms with Gasteiger partial charge in [0.05, 0.1) is 19.1 Å². The molecule has 0 spiro atoms. The number of hydrogen-bond donors (Lipinski definition) is 2. The summed E-state index contributed by atoms with van der Waals surface area (Å²) in [7, 11) is 0. The number of hydrogen-bond acceptors (Lipinski definition) is 4. The van der Waals surface area contributed by atoms with Crippen molar-refractivity contribution in [1.82, 2.24) is 4.98 Å². The Morgan fingerprint density at radius 1 is 1.62 bits per heavy atom. The summed E-state index contributed by atoms with van der Waals surface area (Å²) in [6.45, 7) is 2.78. The Bertz CT molecular complexity index is 395. The number of nitrogens with zero attached hydrogens (tertiary/aromatic N) is 1. The van der Waals surface area contributed by atoms with E-state index in [0.29, 0.717) is 19.0 Å². The Morgan fingerprint density at radius 3 is 3.06 bits per heavy atom. The summed E-state index contributed by atoms with van der Waals surface area (Å²) in [4.78, 5) is 15.9. The van der Waals surface area contributed by atoms with Crippen molar-refractivity contribution < 1.29 is 9.53 Å². The van der Waals surface area contributed by atoms with Gasteiger partial charge in [0, 0.05) is 12.2 Å². The summed E-state index contributed by atoms with van der Waals surface area (Å²) in [5.41, 5.74) is 6.81. The highest BCUT2D eigenvalue weighted by Crippen LogP contribution is 2.14. The summed E-state index contributed by atoms with van der Waals surface area (Å²) in [6, 6.07) is 3.48.